The maximum absolute atomic E-state index is 11.9. The average molecular weight is 401 g/mol. The van der Waals surface area contributed by atoms with Gasteiger partial charge in [-0.15, -0.1) is 0 Å². The first-order valence-electron chi connectivity index (χ1n) is 7.49. The van der Waals surface area contributed by atoms with Crippen molar-refractivity contribution in [3.05, 3.63) is 68.7 Å². The molecule has 2 rings (SSSR count). The molecule has 0 heterocycles. The first-order chi connectivity index (χ1) is 11.8. The summed E-state index contributed by atoms with van der Waals surface area (Å²) in [6.07, 6.45) is -0.0317. The van der Waals surface area contributed by atoms with Crippen LogP contribution in [0, 0.1) is 0 Å². The first-order valence-corrected chi connectivity index (χ1v) is 8.63. The third-order valence-corrected chi connectivity index (χ3v) is 4.30. The van der Waals surface area contributed by atoms with Gasteiger partial charge < -0.3 is 10.1 Å². The minimum Gasteiger partial charge on any atom is -0.455 e. The number of halogens is 3. The smallest absolute Gasteiger partial charge is 0.310 e. The summed E-state index contributed by atoms with van der Waals surface area (Å²) in [5, 5.41) is 4.24. The van der Waals surface area contributed by atoms with Crippen LogP contribution in [0.25, 0.3) is 0 Å². The summed E-state index contributed by atoms with van der Waals surface area (Å²) in [6, 6.07) is 11.7. The zero-order valence-corrected chi connectivity index (χ0v) is 15.7. The maximum Gasteiger partial charge on any atom is 0.310 e. The van der Waals surface area contributed by atoms with Gasteiger partial charge in [-0.2, -0.15) is 0 Å². The molecule has 0 unspecified atom stereocenters. The Morgan fingerprint density at radius 1 is 1.04 bits per heavy atom. The number of rotatable bonds is 6. The first kappa shape index (κ1) is 19.6. The number of hydrogen-bond acceptors (Lipinski definition) is 3. The molecule has 0 saturated carbocycles. The van der Waals surface area contributed by atoms with E-state index in [2.05, 4.69) is 5.32 Å². The summed E-state index contributed by atoms with van der Waals surface area (Å²) in [5.74, 6) is -0.934. The summed E-state index contributed by atoms with van der Waals surface area (Å²) in [7, 11) is 0. The third kappa shape index (κ3) is 6.24. The third-order valence-electron chi connectivity index (χ3n) is 3.46. The lowest BCUT2D eigenvalue weighted by Crippen LogP contribution is -2.31. The molecule has 0 fully saturated rings. The van der Waals surface area contributed by atoms with Crippen molar-refractivity contribution in [2.24, 2.45) is 0 Å². The van der Waals surface area contributed by atoms with E-state index in [0.717, 1.165) is 5.56 Å². The van der Waals surface area contributed by atoms with Crippen molar-refractivity contribution in [1.29, 1.82) is 0 Å². The highest BCUT2D eigenvalue weighted by atomic mass is 35.5. The van der Waals surface area contributed by atoms with Gasteiger partial charge in [0.05, 0.1) is 12.5 Å². The van der Waals surface area contributed by atoms with Gasteiger partial charge in [-0.3, -0.25) is 9.59 Å². The number of carbonyl (C=O) groups excluding carboxylic acids is 2. The Bertz CT molecular complexity index is 763. The molecule has 0 saturated heterocycles. The highest BCUT2D eigenvalue weighted by Crippen LogP contribution is 2.21. The molecule has 0 spiro atoms. The van der Waals surface area contributed by atoms with Crippen molar-refractivity contribution in [2.45, 2.75) is 19.4 Å². The van der Waals surface area contributed by atoms with Crippen LogP contribution >= 0.6 is 34.8 Å². The van der Waals surface area contributed by atoms with Gasteiger partial charge >= 0.3 is 5.97 Å². The predicted octanol–water partition coefficient (Wildman–Crippen LogP) is 4.61. The van der Waals surface area contributed by atoms with E-state index < -0.39 is 11.9 Å². The SMILES string of the molecule is C[C@H](NC(=O)COC(=O)Cc1ccc(Cl)cc1Cl)c1ccc(Cl)cc1. The van der Waals surface area contributed by atoms with Gasteiger partial charge in [-0.05, 0) is 42.3 Å². The van der Waals surface area contributed by atoms with Gasteiger partial charge in [0.1, 0.15) is 0 Å². The molecule has 0 radical (unpaired) electrons. The Hall–Kier alpha value is -1.75. The normalized spacial score (nSPS) is 11.7. The fraction of sp³-hybridized carbons (Fsp3) is 0.222. The summed E-state index contributed by atoms with van der Waals surface area (Å²) in [6.45, 7) is 1.47. The summed E-state index contributed by atoms with van der Waals surface area (Å²) < 4.78 is 4.99. The molecule has 0 aliphatic heterocycles. The van der Waals surface area contributed by atoms with Crippen LogP contribution in [0.4, 0.5) is 0 Å². The van der Waals surface area contributed by atoms with Gasteiger partial charge in [-0.25, -0.2) is 0 Å². The number of amides is 1. The minimum absolute atomic E-state index is 0.0317. The molecular weight excluding hydrogens is 385 g/mol. The maximum atomic E-state index is 11.9. The molecular formula is C18H16Cl3NO3. The van der Waals surface area contributed by atoms with Crippen molar-refractivity contribution in [1.82, 2.24) is 5.32 Å². The number of nitrogens with one attached hydrogen (secondary N) is 1. The quantitative estimate of drug-likeness (QED) is 0.720. The highest BCUT2D eigenvalue weighted by Gasteiger charge is 2.13. The lowest BCUT2D eigenvalue weighted by Gasteiger charge is -2.14. The number of hydrogen-bond donors (Lipinski definition) is 1. The van der Waals surface area contributed by atoms with Crippen LogP contribution in [-0.2, 0) is 20.7 Å². The van der Waals surface area contributed by atoms with E-state index in [-0.39, 0.29) is 19.1 Å². The van der Waals surface area contributed by atoms with Crippen molar-refractivity contribution in [3.8, 4) is 0 Å². The number of benzene rings is 2. The molecule has 1 N–H and O–H groups in total. The Kier molecular flexibility index (Phi) is 7.12. The van der Waals surface area contributed by atoms with Gasteiger partial charge in [0, 0.05) is 15.1 Å². The topological polar surface area (TPSA) is 55.4 Å². The van der Waals surface area contributed by atoms with Gasteiger partial charge in [0.15, 0.2) is 6.61 Å². The molecule has 1 atom stereocenters. The van der Waals surface area contributed by atoms with E-state index in [4.69, 9.17) is 39.5 Å². The van der Waals surface area contributed by atoms with Crippen LogP contribution in [0.3, 0.4) is 0 Å². The van der Waals surface area contributed by atoms with Gasteiger partial charge in [0.2, 0.25) is 0 Å². The van der Waals surface area contributed by atoms with Crippen LogP contribution in [0.5, 0.6) is 0 Å². The van der Waals surface area contributed by atoms with Crippen LogP contribution in [0.2, 0.25) is 15.1 Å². The van der Waals surface area contributed by atoms with E-state index in [9.17, 15) is 9.59 Å². The molecule has 0 bridgehead atoms. The molecule has 0 aliphatic carbocycles. The Morgan fingerprint density at radius 2 is 1.68 bits per heavy atom. The molecule has 25 heavy (non-hydrogen) atoms. The van der Waals surface area contributed by atoms with Crippen molar-refractivity contribution < 1.29 is 14.3 Å². The Labute approximate surface area is 161 Å². The molecule has 2 aromatic carbocycles. The molecule has 1 amide bonds. The predicted molar refractivity (Wildman–Crippen MR) is 99.1 cm³/mol. The molecule has 0 aromatic heterocycles. The second-order valence-corrected chi connectivity index (χ2v) is 6.69. The summed E-state index contributed by atoms with van der Waals surface area (Å²) >= 11 is 17.6. The Balaban J connectivity index is 1.80. The van der Waals surface area contributed by atoms with Crippen LogP contribution < -0.4 is 5.32 Å². The molecule has 7 heteroatoms. The van der Waals surface area contributed by atoms with E-state index in [1.807, 2.05) is 19.1 Å². The summed E-state index contributed by atoms with van der Waals surface area (Å²) in [4.78, 5) is 23.7. The minimum atomic E-state index is -0.543. The van der Waals surface area contributed by atoms with Gasteiger partial charge in [0.25, 0.3) is 5.91 Å². The zero-order chi connectivity index (χ0) is 18.4. The molecule has 0 aliphatic rings. The number of carbonyl (C=O) groups is 2. The molecule has 4 nitrogen and oxygen atoms in total. The summed E-state index contributed by atoms with van der Waals surface area (Å²) in [5.41, 5.74) is 1.49. The van der Waals surface area contributed by atoms with Crippen LogP contribution in [0.15, 0.2) is 42.5 Å². The second kappa shape index (κ2) is 9.09. The van der Waals surface area contributed by atoms with Gasteiger partial charge in [-0.1, -0.05) is 53.0 Å². The molecule has 2 aromatic rings. The fourth-order valence-electron chi connectivity index (χ4n) is 2.14. The highest BCUT2D eigenvalue weighted by molar-refractivity contribution is 6.35. The van der Waals surface area contributed by atoms with E-state index >= 15 is 0 Å². The largest absolute Gasteiger partial charge is 0.455 e. The molecule has 132 valence electrons. The van der Waals surface area contributed by atoms with Crippen molar-refractivity contribution >= 4 is 46.7 Å². The number of esters is 1. The Morgan fingerprint density at radius 3 is 2.32 bits per heavy atom. The second-order valence-electron chi connectivity index (χ2n) is 5.41. The van der Waals surface area contributed by atoms with Crippen LogP contribution in [0.1, 0.15) is 24.1 Å². The standard InChI is InChI=1S/C18H16Cl3NO3/c1-11(12-2-5-14(19)6-3-12)22-17(23)10-25-18(24)8-13-4-7-15(20)9-16(13)21/h2-7,9,11H,8,10H2,1H3,(H,22,23)/t11-/m0/s1. The van der Waals surface area contributed by atoms with Crippen molar-refractivity contribution in [2.75, 3.05) is 6.61 Å². The number of ether oxygens (including phenoxy) is 1. The van der Waals surface area contributed by atoms with E-state index in [0.29, 0.717) is 20.6 Å². The lowest BCUT2D eigenvalue weighted by atomic mass is 10.1. The van der Waals surface area contributed by atoms with E-state index in [1.54, 1.807) is 30.3 Å². The zero-order valence-electron chi connectivity index (χ0n) is 13.4. The van der Waals surface area contributed by atoms with E-state index in [1.165, 1.54) is 0 Å². The fourth-order valence-corrected chi connectivity index (χ4v) is 2.74. The average Bonchev–Trinajstić information content (AvgIpc) is 2.56. The van der Waals surface area contributed by atoms with Crippen LogP contribution in [-0.4, -0.2) is 18.5 Å². The van der Waals surface area contributed by atoms with Crippen molar-refractivity contribution in [3.63, 3.8) is 0 Å². The lowest BCUT2D eigenvalue weighted by molar-refractivity contribution is -0.148. The monoisotopic (exact) mass is 399 g/mol.